The first-order valence-corrected chi connectivity index (χ1v) is 10.1. The Balaban J connectivity index is 1.51. The summed E-state index contributed by atoms with van der Waals surface area (Å²) < 4.78 is 35.4. The van der Waals surface area contributed by atoms with E-state index < -0.39 is 17.2 Å². The molecule has 162 valence electrons. The van der Waals surface area contributed by atoms with Crippen LogP contribution in [0, 0.1) is 11.6 Å². The summed E-state index contributed by atoms with van der Waals surface area (Å²) in [5, 5.41) is 10.4. The third kappa shape index (κ3) is 3.31. The normalized spacial score (nSPS) is 21.5. The molecular weight excluding hydrogens is 406 g/mol. The number of rotatable bonds is 4. The number of fused-ring (bicyclic) bond motifs is 1. The number of carbonyl (C=O) groups excluding carboxylic acids is 1. The zero-order valence-corrected chi connectivity index (χ0v) is 16.9. The van der Waals surface area contributed by atoms with E-state index in [2.05, 4.69) is 15.7 Å². The smallest absolute Gasteiger partial charge is 0.322 e. The van der Waals surface area contributed by atoms with E-state index >= 15 is 0 Å². The lowest BCUT2D eigenvalue weighted by atomic mass is 9.84. The molecular formula is C21H22F2N6O2. The summed E-state index contributed by atoms with van der Waals surface area (Å²) in [7, 11) is 1.62. The molecule has 2 aliphatic heterocycles. The summed E-state index contributed by atoms with van der Waals surface area (Å²) in [6.45, 7) is 1.69. The van der Waals surface area contributed by atoms with Crippen molar-refractivity contribution in [3.63, 3.8) is 0 Å². The Kier molecular flexibility index (Phi) is 4.82. The lowest BCUT2D eigenvalue weighted by Gasteiger charge is -2.37. The molecule has 5 rings (SSSR count). The summed E-state index contributed by atoms with van der Waals surface area (Å²) in [6.07, 6.45) is 4.64. The molecule has 2 aromatic heterocycles. The number of aromatic nitrogens is 3. The molecule has 0 bridgehead atoms. The van der Waals surface area contributed by atoms with Crippen molar-refractivity contribution >= 4 is 17.4 Å². The van der Waals surface area contributed by atoms with Gasteiger partial charge in [0.1, 0.15) is 17.3 Å². The first-order valence-electron chi connectivity index (χ1n) is 10.1. The topological polar surface area (TPSA) is 83.8 Å². The number of nitrogens with one attached hydrogen (secondary N) is 2. The van der Waals surface area contributed by atoms with E-state index in [9.17, 15) is 13.6 Å². The molecule has 31 heavy (non-hydrogen) atoms. The fourth-order valence-corrected chi connectivity index (χ4v) is 4.30. The number of halogens is 2. The molecule has 3 aromatic rings. The van der Waals surface area contributed by atoms with Crippen LogP contribution in [0.4, 0.5) is 19.3 Å². The van der Waals surface area contributed by atoms with Crippen molar-refractivity contribution in [2.75, 3.05) is 32.1 Å². The molecule has 2 aliphatic rings. The number of carbonyl (C=O) groups is 1. The summed E-state index contributed by atoms with van der Waals surface area (Å²) in [5.41, 5.74) is 0.683. The van der Waals surface area contributed by atoms with Gasteiger partial charge < -0.3 is 20.3 Å². The number of hydrogen-bond acceptors (Lipinski definition) is 5. The van der Waals surface area contributed by atoms with Crippen molar-refractivity contribution in [1.29, 1.82) is 0 Å². The van der Waals surface area contributed by atoms with Crippen molar-refractivity contribution in [1.82, 2.24) is 24.8 Å². The van der Waals surface area contributed by atoms with E-state index in [1.807, 2.05) is 0 Å². The summed E-state index contributed by atoms with van der Waals surface area (Å²) in [5.74, 6) is -1.00. The highest BCUT2D eigenvalue weighted by molar-refractivity contribution is 5.93. The van der Waals surface area contributed by atoms with Crippen molar-refractivity contribution in [3.05, 3.63) is 59.6 Å². The van der Waals surface area contributed by atoms with Crippen LogP contribution in [0.1, 0.15) is 24.1 Å². The van der Waals surface area contributed by atoms with Crippen LogP contribution < -0.4 is 10.6 Å². The second-order valence-corrected chi connectivity index (χ2v) is 7.89. The number of amides is 2. The van der Waals surface area contributed by atoms with Crippen LogP contribution in [0.15, 0.2) is 36.7 Å². The van der Waals surface area contributed by atoms with E-state index in [1.54, 1.807) is 24.3 Å². The Bertz CT molecular complexity index is 1140. The molecule has 10 heteroatoms. The van der Waals surface area contributed by atoms with Gasteiger partial charge in [-0.1, -0.05) is 0 Å². The molecule has 0 aliphatic carbocycles. The molecule has 2 saturated heterocycles. The standard InChI is InChI=1S/C21H22F2N6O2/c1-31-14-11-28(12-14)20(30)26-17-10-25-29-8-5-18(27-19(17)29)21(6-2-7-24-21)15-9-13(22)3-4-16(15)23/h3-5,8-10,14,24H,2,6-7,11-12H2,1H3,(H,26,30)/t21-/m1/s1. The molecule has 0 radical (unpaired) electrons. The van der Waals surface area contributed by atoms with Crippen molar-refractivity contribution < 1.29 is 18.3 Å². The molecule has 1 aromatic carbocycles. The predicted octanol–water partition coefficient (Wildman–Crippen LogP) is 2.50. The molecule has 2 amide bonds. The second-order valence-electron chi connectivity index (χ2n) is 7.89. The summed E-state index contributed by atoms with van der Waals surface area (Å²) in [6, 6.07) is 4.93. The van der Waals surface area contributed by atoms with E-state index in [0.717, 1.165) is 18.6 Å². The van der Waals surface area contributed by atoms with Gasteiger partial charge in [0, 0.05) is 18.9 Å². The molecule has 1 atom stereocenters. The largest absolute Gasteiger partial charge is 0.378 e. The van der Waals surface area contributed by atoms with Crippen molar-refractivity contribution in [3.8, 4) is 0 Å². The second kappa shape index (κ2) is 7.54. The molecule has 8 nitrogen and oxygen atoms in total. The highest BCUT2D eigenvalue weighted by Crippen LogP contribution is 2.38. The number of urea groups is 1. The van der Waals surface area contributed by atoms with Gasteiger partial charge in [-0.25, -0.2) is 23.1 Å². The maximum Gasteiger partial charge on any atom is 0.322 e. The van der Waals surface area contributed by atoms with Gasteiger partial charge in [-0.05, 0) is 43.7 Å². The SMILES string of the molecule is COC1CN(C(=O)Nc2cnn3ccc([C@]4(c5cc(F)ccc5F)CCCN4)nc23)C1. The van der Waals surface area contributed by atoms with Crippen LogP contribution in [-0.4, -0.2) is 58.4 Å². The zero-order chi connectivity index (χ0) is 21.6. The third-order valence-corrected chi connectivity index (χ3v) is 6.06. The van der Waals surface area contributed by atoms with Gasteiger partial charge in [0.05, 0.1) is 36.6 Å². The van der Waals surface area contributed by atoms with Gasteiger partial charge in [0.25, 0.3) is 0 Å². The minimum atomic E-state index is -0.956. The highest BCUT2D eigenvalue weighted by atomic mass is 19.1. The fraction of sp³-hybridized carbons (Fsp3) is 0.381. The Morgan fingerprint density at radius 2 is 2.16 bits per heavy atom. The average Bonchev–Trinajstić information content (AvgIpc) is 3.37. The minimum Gasteiger partial charge on any atom is -0.378 e. The van der Waals surface area contributed by atoms with Gasteiger partial charge in [0.15, 0.2) is 5.65 Å². The fourth-order valence-electron chi connectivity index (χ4n) is 4.30. The monoisotopic (exact) mass is 428 g/mol. The van der Waals surface area contributed by atoms with Gasteiger partial charge in [-0.3, -0.25) is 0 Å². The molecule has 0 spiro atoms. The molecule has 0 unspecified atom stereocenters. The zero-order valence-electron chi connectivity index (χ0n) is 16.9. The van der Waals surface area contributed by atoms with Crippen molar-refractivity contribution in [2.45, 2.75) is 24.5 Å². The van der Waals surface area contributed by atoms with Gasteiger partial charge >= 0.3 is 6.03 Å². The lowest BCUT2D eigenvalue weighted by molar-refractivity contribution is -0.00465. The van der Waals surface area contributed by atoms with E-state index in [0.29, 0.717) is 43.1 Å². The number of hydrogen-bond donors (Lipinski definition) is 2. The van der Waals surface area contributed by atoms with Crippen LogP contribution >= 0.6 is 0 Å². The Morgan fingerprint density at radius 1 is 1.32 bits per heavy atom. The van der Waals surface area contributed by atoms with Crippen LogP contribution in [0.5, 0.6) is 0 Å². The Hall–Kier alpha value is -3.11. The first kappa shape index (κ1) is 19.8. The predicted molar refractivity (Wildman–Crippen MR) is 109 cm³/mol. The summed E-state index contributed by atoms with van der Waals surface area (Å²) in [4.78, 5) is 18.8. The van der Waals surface area contributed by atoms with Gasteiger partial charge in [0.2, 0.25) is 0 Å². The molecule has 0 saturated carbocycles. The third-order valence-electron chi connectivity index (χ3n) is 6.06. The van der Waals surface area contributed by atoms with Crippen LogP contribution in [0.2, 0.25) is 0 Å². The van der Waals surface area contributed by atoms with E-state index in [4.69, 9.17) is 9.72 Å². The number of nitrogens with zero attached hydrogens (tertiary/aromatic N) is 4. The summed E-state index contributed by atoms with van der Waals surface area (Å²) >= 11 is 0. The average molecular weight is 428 g/mol. The minimum absolute atomic E-state index is 0.0499. The van der Waals surface area contributed by atoms with E-state index in [-0.39, 0.29) is 17.7 Å². The molecule has 2 N–H and O–H groups in total. The maximum absolute atomic E-state index is 14.7. The molecule has 2 fully saturated rings. The number of likely N-dealkylation sites (tertiary alicyclic amines) is 1. The highest BCUT2D eigenvalue weighted by Gasteiger charge is 2.41. The van der Waals surface area contributed by atoms with Crippen LogP contribution in [0.25, 0.3) is 5.65 Å². The van der Waals surface area contributed by atoms with Gasteiger partial charge in [-0.2, -0.15) is 5.10 Å². The maximum atomic E-state index is 14.7. The molecule has 4 heterocycles. The number of methoxy groups -OCH3 is 1. The van der Waals surface area contributed by atoms with E-state index in [1.165, 1.54) is 16.8 Å². The lowest BCUT2D eigenvalue weighted by Crippen LogP contribution is -2.55. The van der Waals surface area contributed by atoms with Crippen molar-refractivity contribution in [2.24, 2.45) is 0 Å². The van der Waals surface area contributed by atoms with Gasteiger partial charge in [-0.15, -0.1) is 0 Å². The van der Waals surface area contributed by atoms with Crippen LogP contribution in [0.3, 0.4) is 0 Å². The number of ether oxygens (including phenoxy) is 1. The first-order chi connectivity index (χ1) is 15.0. The Morgan fingerprint density at radius 3 is 2.90 bits per heavy atom. The quantitative estimate of drug-likeness (QED) is 0.667. The Labute approximate surface area is 177 Å². The number of benzene rings is 1. The van der Waals surface area contributed by atoms with Crippen LogP contribution in [-0.2, 0) is 10.3 Å². The number of anilines is 1.